The van der Waals surface area contributed by atoms with Gasteiger partial charge in [0.2, 0.25) is 0 Å². The summed E-state index contributed by atoms with van der Waals surface area (Å²) < 4.78 is 0. The lowest BCUT2D eigenvalue weighted by atomic mass is 10.1. The Morgan fingerprint density at radius 2 is 1.23 bits per heavy atom. The zero-order chi connectivity index (χ0) is 20.6. The maximum absolute atomic E-state index is 12.0. The molecule has 0 aliphatic heterocycles. The van der Waals surface area contributed by atoms with E-state index in [0.717, 1.165) is 55.4 Å². The van der Waals surface area contributed by atoms with Crippen molar-refractivity contribution in [3.05, 3.63) is 84.4 Å². The van der Waals surface area contributed by atoms with Crippen LogP contribution in [0.1, 0.15) is 36.0 Å². The number of hydrogen-bond donors (Lipinski definition) is 2. The van der Waals surface area contributed by atoms with E-state index in [-0.39, 0.29) is 5.91 Å². The fourth-order valence-electron chi connectivity index (χ4n) is 3.74. The van der Waals surface area contributed by atoms with E-state index in [4.69, 9.17) is 4.98 Å². The summed E-state index contributed by atoms with van der Waals surface area (Å²) in [5, 5.41) is 8.98. The van der Waals surface area contributed by atoms with Gasteiger partial charge in [-0.3, -0.25) is 4.79 Å². The van der Waals surface area contributed by atoms with Crippen molar-refractivity contribution in [2.45, 2.75) is 25.7 Å². The molecule has 2 N–H and O–H groups in total. The van der Waals surface area contributed by atoms with Crippen LogP contribution in [0, 0.1) is 0 Å². The first-order valence-corrected chi connectivity index (χ1v) is 10.7. The Morgan fingerprint density at radius 1 is 0.667 bits per heavy atom. The minimum absolute atomic E-state index is 0.00806. The predicted octanol–water partition coefficient (Wildman–Crippen LogP) is 5.79. The number of aromatic nitrogens is 1. The molecular weight excluding hydrogens is 370 g/mol. The zero-order valence-corrected chi connectivity index (χ0v) is 17.1. The lowest BCUT2D eigenvalue weighted by Crippen LogP contribution is -2.24. The van der Waals surface area contributed by atoms with E-state index in [1.54, 1.807) is 0 Å². The number of rotatable bonds is 9. The molecule has 0 aliphatic rings. The van der Waals surface area contributed by atoms with Crippen LogP contribution in [-0.4, -0.2) is 24.0 Å². The van der Waals surface area contributed by atoms with Crippen molar-refractivity contribution in [1.82, 2.24) is 10.3 Å². The van der Waals surface area contributed by atoms with Gasteiger partial charge in [-0.25, -0.2) is 4.98 Å². The van der Waals surface area contributed by atoms with Crippen molar-refractivity contribution in [2.75, 3.05) is 18.4 Å². The summed E-state index contributed by atoms with van der Waals surface area (Å²) in [6, 6.07) is 26.0. The summed E-state index contributed by atoms with van der Waals surface area (Å²) in [6.45, 7) is 1.65. The highest BCUT2D eigenvalue weighted by molar-refractivity contribution is 6.07. The monoisotopic (exact) mass is 397 g/mol. The van der Waals surface area contributed by atoms with Crippen molar-refractivity contribution in [1.29, 1.82) is 0 Å². The van der Waals surface area contributed by atoms with Crippen LogP contribution in [-0.2, 0) is 0 Å². The Kier molecular flexibility index (Phi) is 6.55. The van der Waals surface area contributed by atoms with Crippen LogP contribution in [0.5, 0.6) is 0 Å². The minimum Gasteiger partial charge on any atom is -0.384 e. The maximum Gasteiger partial charge on any atom is 0.251 e. The van der Waals surface area contributed by atoms with E-state index in [1.165, 1.54) is 16.5 Å². The molecule has 1 amide bonds. The number of fused-ring (bicyclic) bond motifs is 2. The third-order valence-corrected chi connectivity index (χ3v) is 5.31. The second kappa shape index (κ2) is 9.88. The van der Waals surface area contributed by atoms with Crippen LogP contribution in [0.4, 0.5) is 5.69 Å². The van der Waals surface area contributed by atoms with Crippen LogP contribution >= 0.6 is 0 Å². The largest absolute Gasteiger partial charge is 0.384 e. The van der Waals surface area contributed by atoms with Crippen LogP contribution in [0.3, 0.4) is 0 Å². The standard InChI is InChI=1S/C26H27N3O/c30-26(20-12-4-3-5-13-20)28-19-11-2-1-10-18-27-25-21-14-6-8-16-23(21)29-24-17-9-7-15-22(24)25/h3-9,12-17H,1-2,10-11,18-19H2,(H,27,29)(H,28,30). The van der Waals surface area contributed by atoms with Crippen LogP contribution in [0.2, 0.25) is 0 Å². The molecule has 4 aromatic rings. The fraction of sp³-hybridized carbons (Fsp3) is 0.231. The molecule has 30 heavy (non-hydrogen) atoms. The highest BCUT2D eigenvalue weighted by Gasteiger charge is 2.08. The number of amides is 1. The third-order valence-electron chi connectivity index (χ3n) is 5.31. The first kappa shape index (κ1) is 19.9. The molecule has 0 saturated carbocycles. The molecule has 0 fully saturated rings. The third kappa shape index (κ3) is 4.77. The summed E-state index contributed by atoms with van der Waals surface area (Å²) in [6.07, 6.45) is 4.33. The number of nitrogens with zero attached hydrogens (tertiary/aromatic N) is 1. The van der Waals surface area contributed by atoms with E-state index in [9.17, 15) is 4.79 Å². The molecule has 152 valence electrons. The molecule has 0 saturated heterocycles. The van der Waals surface area contributed by atoms with E-state index in [0.29, 0.717) is 0 Å². The lowest BCUT2D eigenvalue weighted by molar-refractivity contribution is 0.0953. The SMILES string of the molecule is O=C(NCCCCCCNc1c2ccccc2nc2ccccc12)c1ccccc1. The van der Waals surface area contributed by atoms with Crippen LogP contribution < -0.4 is 10.6 Å². The zero-order valence-electron chi connectivity index (χ0n) is 17.1. The summed E-state index contributed by atoms with van der Waals surface area (Å²) in [7, 11) is 0. The number of anilines is 1. The highest BCUT2D eigenvalue weighted by Crippen LogP contribution is 2.30. The molecule has 1 aromatic heterocycles. The van der Waals surface area contributed by atoms with E-state index in [1.807, 2.05) is 42.5 Å². The number of nitrogens with one attached hydrogen (secondary N) is 2. The van der Waals surface area contributed by atoms with Crippen LogP contribution in [0.25, 0.3) is 21.8 Å². The highest BCUT2D eigenvalue weighted by atomic mass is 16.1. The first-order valence-electron chi connectivity index (χ1n) is 10.7. The molecule has 4 nitrogen and oxygen atoms in total. The fourth-order valence-corrected chi connectivity index (χ4v) is 3.74. The molecule has 3 aromatic carbocycles. The van der Waals surface area contributed by atoms with Gasteiger partial charge in [0.05, 0.1) is 16.7 Å². The number of para-hydroxylation sites is 2. The van der Waals surface area contributed by atoms with Gasteiger partial charge in [-0.2, -0.15) is 0 Å². The molecule has 4 heteroatoms. The Bertz CT molecular complexity index is 1070. The van der Waals surface area contributed by atoms with Crippen molar-refractivity contribution >= 4 is 33.4 Å². The van der Waals surface area contributed by atoms with Gasteiger partial charge in [-0.15, -0.1) is 0 Å². The average molecular weight is 398 g/mol. The molecule has 1 heterocycles. The first-order chi connectivity index (χ1) is 14.8. The topological polar surface area (TPSA) is 54.0 Å². The quantitative estimate of drug-likeness (QED) is 0.278. The van der Waals surface area contributed by atoms with Crippen molar-refractivity contribution in [3.8, 4) is 0 Å². The van der Waals surface area contributed by atoms with Gasteiger partial charge < -0.3 is 10.6 Å². The molecule has 4 rings (SSSR count). The van der Waals surface area contributed by atoms with Crippen molar-refractivity contribution < 1.29 is 4.79 Å². The van der Waals surface area contributed by atoms with Gasteiger partial charge in [-0.05, 0) is 37.1 Å². The minimum atomic E-state index is 0.00806. The van der Waals surface area contributed by atoms with Gasteiger partial charge in [-0.1, -0.05) is 67.4 Å². The van der Waals surface area contributed by atoms with E-state index in [2.05, 4.69) is 47.0 Å². The Hall–Kier alpha value is -3.40. The Balaban J connectivity index is 1.24. The Labute approximate surface area is 177 Å². The molecule has 0 radical (unpaired) electrons. The summed E-state index contributed by atoms with van der Waals surface area (Å²) >= 11 is 0. The van der Waals surface area contributed by atoms with E-state index >= 15 is 0 Å². The van der Waals surface area contributed by atoms with E-state index < -0.39 is 0 Å². The van der Waals surface area contributed by atoms with Gasteiger partial charge in [0.25, 0.3) is 5.91 Å². The molecule has 0 unspecified atom stereocenters. The Morgan fingerprint density at radius 3 is 1.90 bits per heavy atom. The van der Waals surface area contributed by atoms with Crippen molar-refractivity contribution in [2.24, 2.45) is 0 Å². The van der Waals surface area contributed by atoms with Crippen LogP contribution in [0.15, 0.2) is 78.9 Å². The molecular formula is C26H27N3O. The number of benzene rings is 3. The summed E-state index contributed by atoms with van der Waals surface area (Å²) in [5.74, 6) is 0.00806. The predicted molar refractivity (Wildman–Crippen MR) is 125 cm³/mol. The number of hydrogen-bond acceptors (Lipinski definition) is 3. The molecule has 0 aliphatic carbocycles. The number of pyridine rings is 1. The van der Waals surface area contributed by atoms with Gasteiger partial charge in [0.15, 0.2) is 0 Å². The normalized spacial score (nSPS) is 10.9. The second-order valence-corrected chi connectivity index (χ2v) is 7.48. The lowest BCUT2D eigenvalue weighted by Gasteiger charge is -2.13. The number of carbonyl (C=O) groups is 1. The van der Waals surface area contributed by atoms with Crippen molar-refractivity contribution in [3.63, 3.8) is 0 Å². The average Bonchev–Trinajstić information content (AvgIpc) is 2.80. The summed E-state index contributed by atoms with van der Waals surface area (Å²) in [4.78, 5) is 16.8. The number of carbonyl (C=O) groups excluding carboxylic acids is 1. The summed E-state index contributed by atoms with van der Waals surface area (Å²) in [5.41, 5.74) is 3.94. The number of unbranched alkanes of at least 4 members (excludes halogenated alkanes) is 3. The maximum atomic E-state index is 12.0. The van der Waals surface area contributed by atoms with Gasteiger partial charge in [0, 0.05) is 29.4 Å². The van der Waals surface area contributed by atoms with Gasteiger partial charge >= 0.3 is 0 Å². The van der Waals surface area contributed by atoms with Gasteiger partial charge in [0.1, 0.15) is 0 Å². The second-order valence-electron chi connectivity index (χ2n) is 7.48. The smallest absolute Gasteiger partial charge is 0.251 e. The molecule has 0 bridgehead atoms. The molecule has 0 atom stereocenters. The molecule has 0 spiro atoms.